The summed E-state index contributed by atoms with van der Waals surface area (Å²) >= 11 is 0. The lowest BCUT2D eigenvalue weighted by Crippen LogP contribution is -2.45. The van der Waals surface area contributed by atoms with E-state index >= 15 is 0 Å². The number of phosphoric ester groups is 1. The number of quaternary nitrogens is 1. The second-order valence-corrected chi connectivity index (χ2v) is 15.7. The first-order valence-electron chi connectivity index (χ1n) is 19.4. The van der Waals surface area contributed by atoms with Gasteiger partial charge in [-0.2, -0.15) is 0 Å². The fourth-order valence-electron chi connectivity index (χ4n) is 5.18. The van der Waals surface area contributed by atoms with Gasteiger partial charge in [0.15, 0.2) is 0 Å². The lowest BCUT2D eigenvalue weighted by Gasteiger charge is -2.29. The Kier molecular flexibility index (Phi) is 30.8. The molecular formula is C39H75N2O6P. The van der Waals surface area contributed by atoms with Gasteiger partial charge in [0, 0.05) is 6.42 Å². The highest BCUT2D eigenvalue weighted by atomic mass is 31.2. The largest absolute Gasteiger partial charge is 0.756 e. The van der Waals surface area contributed by atoms with E-state index in [4.69, 9.17) is 9.05 Å². The molecule has 0 saturated heterocycles. The lowest BCUT2D eigenvalue weighted by molar-refractivity contribution is -0.870. The zero-order valence-corrected chi connectivity index (χ0v) is 32.6. The van der Waals surface area contributed by atoms with E-state index in [-0.39, 0.29) is 19.1 Å². The maximum Gasteiger partial charge on any atom is 0.268 e. The first-order valence-corrected chi connectivity index (χ1v) is 20.8. The summed E-state index contributed by atoms with van der Waals surface area (Å²) in [5.74, 6) is -0.211. The van der Waals surface area contributed by atoms with Crippen LogP contribution < -0.4 is 10.2 Å². The summed E-state index contributed by atoms with van der Waals surface area (Å²) in [5.41, 5.74) is 0. The summed E-state index contributed by atoms with van der Waals surface area (Å²) in [6.45, 7) is 4.56. The second-order valence-electron chi connectivity index (χ2n) is 14.3. The van der Waals surface area contributed by atoms with E-state index in [0.29, 0.717) is 17.4 Å². The Hall–Kier alpha value is -1.28. The van der Waals surface area contributed by atoms with E-state index in [9.17, 15) is 19.4 Å². The molecule has 0 saturated carbocycles. The van der Waals surface area contributed by atoms with Gasteiger partial charge in [-0.25, -0.2) is 0 Å². The SMILES string of the molecule is CCCCC/C=C\C/C=C\CCCCCCCCCC(=O)NC(COP(=O)([O-])OCC[N+](C)(C)C)C(O)/C=C/CCCCCCCCC. The fraction of sp³-hybridized carbons (Fsp3) is 0.821. The van der Waals surface area contributed by atoms with E-state index in [1.165, 1.54) is 77.0 Å². The third-order valence-electron chi connectivity index (χ3n) is 8.34. The molecule has 0 aromatic carbocycles. The van der Waals surface area contributed by atoms with Gasteiger partial charge in [0.1, 0.15) is 13.2 Å². The van der Waals surface area contributed by atoms with Gasteiger partial charge in [0.2, 0.25) is 5.91 Å². The Morgan fingerprint density at radius 2 is 1.21 bits per heavy atom. The average Bonchev–Trinajstić information content (AvgIpc) is 3.02. The van der Waals surface area contributed by atoms with E-state index in [0.717, 1.165) is 57.8 Å². The van der Waals surface area contributed by atoms with Gasteiger partial charge in [-0.05, 0) is 51.4 Å². The minimum absolute atomic E-state index is 0.00359. The second kappa shape index (κ2) is 31.7. The standard InChI is InChI=1S/C39H75N2O6P/c1-6-8-10-12-14-16-17-18-19-20-21-22-23-25-27-29-31-33-39(43)40-37(36-47-48(44,45)46-35-34-41(3,4)5)38(42)32-30-28-26-24-15-13-11-9-7-2/h14,16,18-19,30,32,37-38,42H,6-13,15,17,20-29,31,33-36H2,1-5H3,(H-,40,43,44,45)/b16-14-,19-18-,32-30+. The average molecular weight is 699 g/mol. The highest BCUT2D eigenvalue weighted by Gasteiger charge is 2.23. The molecule has 0 spiro atoms. The van der Waals surface area contributed by atoms with E-state index in [1.54, 1.807) is 6.08 Å². The molecule has 0 aromatic rings. The van der Waals surface area contributed by atoms with Crippen LogP contribution in [0, 0.1) is 0 Å². The Labute approximate surface area is 296 Å². The molecule has 9 heteroatoms. The van der Waals surface area contributed by atoms with Crippen molar-refractivity contribution in [3.8, 4) is 0 Å². The number of likely N-dealkylation sites (N-methyl/N-ethyl adjacent to an activating group) is 1. The van der Waals surface area contributed by atoms with Crippen LogP contribution in [0.1, 0.15) is 155 Å². The summed E-state index contributed by atoms with van der Waals surface area (Å²) in [6.07, 6.45) is 36.1. The zero-order chi connectivity index (χ0) is 35.8. The lowest BCUT2D eigenvalue weighted by atomic mass is 10.1. The minimum Gasteiger partial charge on any atom is -0.756 e. The predicted octanol–water partition coefficient (Wildman–Crippen LogP) is 9.33. The number of allylic oxidation sites excluding steroid dienone is 5. The van der Waals surface area contributed by atoms with Gasteiger partial charge in [-0.1, -0.05) is 134 Å². The van der Waals surface area contributed by atoms with Crippen LogP contribution in [-0.2, 0) is 18.4 Å². The molecule has 3 unspecified atom stereocenters. The number of phosphoric acid groups is 1. The number of aliphatic hydroxyl groups is 1. The van der Waals surface area contributed by atoms with E-state index in [2.05, 4.69) is 43.5 Å². The third-order valence-corrected chi connectivity index (χ3v) is 9.31. The number of carbonyl (C=O) groups excluding carboxylic acids is 1. The van der Waals surface area contributed by atoms with Crippen LogP contribution in [0.2, 0.25) is 0 Å². The Bertz CT molecular complexity index is 886. The molecule has 282 valence electrons. The van der Waals surface area contributed by atoms with Gasteiger partial charge in [0.25, 0.3) is 7.82 Å². The van der Waals surface area contributed by atoms with Crippen molar-refractivity contribution in [2.45, 2.75) is 167 Å². The molecule has 0 aliphatic carbocycles. The number of rotatable bonds is 34. The molecule has 3 atom stereocenters. The highest BCUT2D eigenvalue weighted by molar-refractivity contribution is 7.45. The highest BCUT2D eigenvalue weighted by Crippen LogP contribution is 2.38. The summed E-state index contributed by atoms with van der Waals surface area (Å²) in [4.78, 5) is 25.1. The smallest absolute Gasteiger partial charge is 0.268 e. The molecule has 0 heterocycles. The van der Waals surface area contributed by atoms with Crippen molar-refractivity contribution in [2.24, 2.45) is 0 Å². The quantitative estimate of drug-likeness (QED) is 0.0300. The number of aliphatic hydroxyl groups excluding tert-OH is 1. The summed E-state index contributed by atoms with van der Waals surface area (Å²) < 4.78 is 23.0. The van der Waals surface area contributed by atoms with Crippen LogP contribution in [-0.4, -0.2) is 68.5 Å². The minimum atomic E-state index is -4.58. The number of nitrogens with one attached hydrogen (secondary N) is 1. The number of hydrogen-bond donors (Lipinski definition) is 2. The molecule has 1 amide bonds. The summed E-state index contributed by atoms with van der Waals surface area (Å²) in [6, 6.07) is -0.886. The first-order chi connectivity index (χ1) is 23.0. The number of nitrogens with zero attached hydrogens (tertiary/aromatic N) is 1. The van der Waals surface area contributed by atoms with Crippen LogP contribution in [0.3, 0.4) is 0 Å². The zero-order valence-electron chi connectivity index (χ0n) is 31.7. The van der Waals surface area contributed by atoms with E-state index in [1.807, 2.05) is 27.2 Å². The number of carbonyl (C=O) groups is 1. The van der Waals surface area contributed by atoms with Gasteiger partial charge in [0.05, 0.1) is 39.9 Å². The predicted molar refractivity (Wildman–Crippen MR) is 201 cm³/mol. The molecule has 2 N–H and O–H groups in total. The molecule has 0 aromatic heterocycles. The van der Waals surface area contributed by atoms with Crippen LogP contribution in [0.4, 0.5) is 0 Å². The molecular weight excluding hydrogens is 623 g/mol. The monoisotopic (exact) mass is 699 g/mol. The number of unbranched alkanes of at least 4 members (excludes halogenated alkanes) is 17. The van der Waals surface area contributed by atoms with Crippen molar-refractivity contribution >= 4 is 13.7 Å². The topological polar surface area (TPSA) is 108 Å². The van der Waals surface area contributed by atoms with Crippen LogP contribution in [0.15, 0.2) is 36.5 Å². The van der Waals surface area contributed by atoms with Gasteiger partial charge < -0.3 is 28.8 Å². The van der Waals surface area contributed by atoms with Crippen molar-refractivity contribution < 1.29 is 32.9 Å². The molecule has 0 aliphatic heterocycles. The molecule has 0 radical (unpaired) electrons. The Morgan fingerprint density at radius 3 is 1.77 bits per heavy atom. The Balaban J connectivity index is 4.45. The fourth-order valence-corrected chi connectivity index (χ4v) is 5.90. The maximum atomic E-state index is 12.8. The number of hydrogen-bond acceptors (Lipinski definition) is 6. The first kappa shape index (κ1) is 46.7. The van der Waals surface area contributed by atoms with E-state index < -0.39 is 20.0 Å². The molecule has 48 heavy (non-hydrogen) atoms. The Morgan fingerprint density at radius 1 is 0.729 bits per heavy atom. The molecule has 0 fully saturated rings. The van der Waals surface area contributed by atoms with Crippen molar-refractivity contribution in [1.82, 2.24) is 5.32 Å². The van der Waals surface area contributed by atoms with Crippen LogP contribution >= 0.6 is 7.82 Å². The van der Waals surface area contributed by atoms with Crippen LogP contribution in [0.25, 0.3) is 0 Å². The summed E-state index contributed by atoms with van der Waals surface area (Å²) in [5, 5.41) is 13.6. The molecule has 0 bridgehead atoms. The van der Waals surface area contributed by atoms with Crippen molar-refractivity contribution in [1.29, 1.82) is 0 Å². The summed E-state index contributed by atoms with van der Waals surface area (Å²) in [7, 11) is 1.25. The maximum absolute atomic E-state index is 12.8. The van der Waals surface area contributed by atoms with Gasteiger partial charge in [-0.3, -0.25) is 9.36 Å². The van der Waals surface area contributed by atoms with Crippen molar-refractivity contribution in [2.75, 3.05) is 40.9 Å². The van der Waals surface area contributed by atoms with Gasteiger partial charge in [-0.15, -0.1) is 0 Å². The third kappa shape index (κ3) is 33.2. The normalized spacial score (nSPS) is 15.1. The van der Waals surface area contributed by atoms with Crippen LogP contribution in [0.5, 0.6) is 0 Å². The van der Waals surface area contributed by atoms with Crippen molar-refractivity contribution in [3.05, 3.63) is 36.5 Å². The molecule has 0 aliphatic rings. The molecule has 0 rings (SSSR count). The van der Waals surface area contributed by atoms with Crippen molar-refractivity contribution in [3.63, 3.8) is 0 Å². The molecule has 8 nitrogen and oxygen atoms in total. The van der Waals surface area contributed by atoms with Gasteiger partial charge >= 0.3 is 0 Å². The number of amides is 1.